The van der Waals surface area contributed by atoms with E-state index in [1.807, 2.05) is 0 Å². The number of thiophene rings is 1. The van der Waals surface area contributed by atoms with E-state index in [-0.39, 0.29) is 32.5 Å². The largest absolute Gasteiger partial charge is 0.416 e. The van der Waals surface area contributed by atoms with Gasteiger partial charge in [0.1, 0.15) is 21.5 Å². The zero-order valence-corrected chi connectivity index (χ0v) is 16.5. The second kappa shape index (κ2) is 8.43. The van der Waals surface area contributed by atoms with E-state index in [2.05, 4.69) is 10.6 Å². The molecule has 4 N–H and O–H groups in total. The summed E-state index contributed by atoms with van der Waals surface area (Å²) in [6.07, 6.45) is -9.20. The minimum absolute atomic E-state index is 0.00223. The summed E-state index contributed by atoms with van der Waals surface area (Å²) in [6.45, 7) is 0. The average Bonchev–Trinajstić information content (AvgIpc) is 3.02. The summed E-state index contributed by atoms with van der Waals surface area (Å²) in [5, 5.41) is 14.3. The lowest BCUT2D eigenvalue weighted by molar-refractivity contribution is -0.138. The first-order valence-corrected chi connectivity index (χ1v) is 9.47. The molecular formula is C20H12F6N4OS. The first-order chi connectivity index (χ1) is 14.9. The zero-order valence-electron chi connectivity index (χ0n) is 15.7. The Kier molecular flexibility index (Phi) is 6.05. The summed E-state index contributed by atoms with van der Waals surface area (Å²) >= 11 is 0.682. The Morgan fingerprint density at radius 1 is 0.938 bits per heavy atom. The predicted octanol–water partition coefficient (Wildman–Crippen LogP) is 6.24. The molecule has 166 valence electrons. The molecule has 2 aromatic carbocycles. The molecule has 1 aromatic heterocycles. The van der Waals surface area contributed by atoms with E-state index in [0.717, 1.165) is 36.4 Å². The van der Waals surface area contributed by atoms with E-state index in [1.54, 1.807) is 6.07 Å². The van der Waals surface area contributed by atoms with Crippen LogP contribution >= 0.6 is 11.3 Å². The van der Waals surface area contributed by atoms with E-state index < -0.39 is 29.4 Å². The second-order valence-electron chi connectivity index (χ2n) is 6.40. The molecule has 0 aliphatic rings. The van der Waals surface area contributed by atoms with Gasteiger partial charge in [0.15, 0.2) is 0 Å². The number of nitrogens with one attached hydrogen (secondary N) is 2. The normalized spacial score (nSPS) is 11.7. The van der Waals surface area contributed by atoms with Crippen LogP contribution in [0.15, 0.2) is 48.5 Å². The fourth-order valence-electron chi connectivity index (χ4n) is 2.68. The van der Waals surface area contributed by atoms with Crippen molar-refractivity contribution in [3.8, 4) is 6.07 Å². The molecule has 3 aromatic rings. The third-order valence-electron chi connectivity index (χ3n) is 4.16. The summed E-state index contributed by atoms with van der Waals surface area (Å²) in [7, 11) is 0. The Labute approximate surface area is 181 Å². The molecule has 0 bridgehead atoms. The van der Waals surface area contributed by atoms with Gasteiger partial charge in [0.2, 0.25) is 0 Å². The fourth-order valence-corrected chi connectivity index (χ4v) is 3.66. The number of nitrogens with two attached hydrogens (primary N) is 1. The molecule has 0 radical (unpaired) electrons. The van der Waals surface area contributed by atoms with Crippen molar-refractivity contribution in [3.63, 3.8) is 0 Å². The third kappa shape index (κ3) is 4.94. The van der Waals surface area contributed by atoms with E-state index in [9.17, 15) is 36.4 Å². The maximum atomic E-state index is 12.9. The van der Waals surface area contributed by atoms with Gasteiger partial charge in [-0.05, 0) is 36.4 Å². The van der Waals surface area contributed by atoms with Gasteiger partial charge in [0, 0.05) is 11.4 Å². The van der Waals surface area contributed by atoms with Gasteiger partial charge >= 0.3 is 12.4 Å². The number of amides is 1. The first-order valence-electron chi connectivity index (χ1n) is 8.65. The highest BCUT2D eigenvalue weighted by Gasteiger charge is 2.31. The molecule has 0 saturated heterocycles. The SMILES string of the molecule is N#Cc1c(Nc2cccc(C(F)(F)F)c2)sc(C(=O)Nc2cccc(C(F)(F)F)c2)c1N. The summed E-state index contributed by atoms with van der Waals surface area (Å²) in [6, 6.07) is 9.86. The van der Waals surface area contributed by atoms with Crippen molar-refractivity contribution in [1.82, 2.24) is 0 Å². The fraction of sp³-hybridized carbons (Fsp3) is 0.100. The van der Waals surface area contributed by atoms with Crippen molar-refractivity contribution in [2.24, 2.45) is 0 Å². The number of carbonyl (C=O) groups is 1. The quantitative estimate of drug-likeness (QED) is 0.394. The van der Waals surface area contributed by atoms with Crippen molar-refractivity contribution in [1.29, 1.82) is 5.26 Å². The number of carbonyl (C=O) groups excluding carboxylic acids is 1. The van der Waals surface area contributed by atoms with Gasteiger partial charge in [0.25, 0.3) is 5.91 Å². The molecule has 0 fully saturated rings. The smallest absolute Gasteiger partial charge is 0.396 e. The number of nitrogen functional groups attached to an aromatic ring is 1. The third-order valence-corrected chi connectivity index (χ3v) is 5.28. The van der Waals surface area contributed by atoms with Gasteiger partial charge in [-0.15, -0.1) is 11.3 Å². The number of halogens is 6. The number of anilines is 4. The van der Waals surface area contributed by atoms with Gasteiger partial charge < -0.3 is 16.4 Å². The molecule has 5 nitrogen and oxygen atoms in total. The Bertz CT molecular complexity index is 1210. The summed E-state index contributed by atoms with van der Waals surface area (Å²) < 4.78 is 77.3. The van der Waals surface area contributed by atoms with Gasteiger partial charge in [-0.1, -0.05) is 12.1 Å². The maximum Gasteiger partial charge on any atom is 0.416 e. The van der Waals surface area contributed by atoms with Crippen LogP contribution in [0.25, 0.3) is 0 Å². The number of hydrogen-bond donors (Lipinski definition) is 3. The average molecular weight is 470 g/mol. The number of hydrogen-bond acceptors (Lipinski definition) is 5. The minimum Gasteiger partial charge on any atom is -0.396 e. The molecule has 0 aliphatic heterocycles. The maximum absolute atomic E-state index is 12.9. The van der Waals surface area contributed by atoms with E-state index in [0.29, 0.717) is 11.3 Å². The van der Waals surface area contributed by atoms with Crippen molar-refractivity contribution in [2.45, 2.75) is 12.4 Å². The van der Waals surface area contributed by atoms with Crippen LogP contribution in [0.1, 0.15) is 26.4 Å². The number of benzene rings is 2. The van der Waals surface area contributed by atoms with Gasteiger partial charge in [-0.3, -0.25) is 4.79 Å². The van der Waals surface area contributed by atoms with Gasteiger partial charge in [-0.2, -0.15) is 31.6 Å². The first kappa shape index (κ1) is 23.0. The molecule has 0 spiro atoms. The van der Waals surface area contributed by atoms with Crippen molar-refractivity contribution < 1.29 is 31.1 Å². The van der Waals surface area contributed by atoms with E-state index in [4.69, 9.17) is 5.73 Å². The zero-order chi connectivity index (χ0) is 23.7. The molecule has 0 aliphatic carbocycles. The van der Waals surface area contributed by atoms with Crippen molar-refractivity contribution in [3.05, 3.63) is 70.1 Å². The highest BCUT2D eigenvalue weighted by Crippen LogP contribution is 2.39. The molecule has 0 unspecified atom stereocenters. The lowest BCUT2D eigenvalue weighted by Crippen LogP contribution is -2.13. The lowest BCUT2D eigenvalue weighted by atomic mass is 10.2. The monoisotopic (exact) mass is 470 g/mol. The highest BCUT2D eigenvalue weighted by atomic mass is 32.1. The van der Waals surface area contributed by atoms with Crippen LogP contribution in [-0.2, 0) is 12.4 Å². The standard InChI is InChI=1S/C20H12F6N4OS/c21-19(22,23)10-3-1-5-12(7-10)29-17(31)16-15(28)14(9-27)18(32-16)30-13-6-2-4-11(8-13)20(24,25)26/h1-8,30H,28H2,(H,29,31). The van der Waals surface area contributed by atoms with E-state index in [1.165, 1.54) is 12.1 Å². The van der Waals surface area contributed by atoms with Gasteiger partial charge in [-0.25, -0.2) is 0 Å². The predicted molar refractivity (Wildman–Crippen MR) is 108 cm³/mol. The Morgan fingerprint density at radius 3 is 2.00 bits per heavy atom. The Hall–Kier alpha value is -3.72. The molecule has 3 rings (SSSR count). The second-order valence-corrected chi connectivity index (χ2v) is 7.42. The van der Waals surface area contributed by atoms with Crippen molar-refractivity contribution >= 4 is 39.3 Å². The summed E-state index contributed by atoms with van der Waals surface area (Å²) in [5.41, 5.74) is 3.37. The molecule has 1 heterocycles. The van der Waals surface area contributed by atoms with Crippen LogP contribution in [0.5, 0.6) is 0 Å². The summed E-state index contributed by atoms with van der Waals surface area (Å²) in [5.74, 6) is -0.875. The minimum atomic E-state index is -4.61. The number of rotatable bonds is 4. The Morgan fingerprint density at radius 2 is 1.47 bits per heavy atom. The number of nitrogens with zero attached hydrogens (tertiary/aromatic N) is 1. The van der Waals surface area contributed by atoms with Crippen LogP contribution in [0.4, 0.5) is 48.4 Å². The van der Waals surface area contributed by atoms with E-state index >= 15 is 0 Å². The highest BCUT2D eigenvalue weighted by molar-refractivity contribution is 7.19. The lowest BCUT2D eigenvalue weighted by Gasteiger charge is -2.10. The van der Waals surface area contributed by atoms with Crippen LogP contribution in [0.3, 0.4) is 0 Å². The van der Waals surface area contributed by atoms with Gasteiger partial charge in [0.05, 0.1) is 16.8 Å². The number of alkyl halides is 6. The molecule has 1 amide bonds. The van der Waals surface area contributed by atoms with Crippen LogP contribution in [0, 0.1) is 11.3 Å². The van der Waals surface area contributed by atoms with Crippen LogP contribution < -0.4 is 16.4 Å². The van der Waals surface area contributed by atoms with Crippen molar-refractivity contribution in [2.75, 3.05) is 16.4 Å². The summed E-state index contributed by atoms with van der Waals surface area (Å²) in [4.78, 5) is 12.4. The molecule has 32 heavy (non-hydrogen) atoms. The van der Waals surface area contributed by atoms with Crippen LogP contribution in [0.2, 0.25) is 0 Å². The number of nitriles is 1. The molecule has 12 heteroatoms. The molecule has 0 atom stereocenters. The topological polar surface area (TPSA) is 90.9 Å². The molecular weight excluding hydrogens is 458 g/mol. The molecule has 0 saturated carbocycles. The Balaban J connectivity index is 1.89. The van der Waals surface area contributed by atoms with Crippen LogP contribution in [-0.4, -0.2) is 5.91 Å².